The first kappa shape index (κ1) is 13.7. The molecule has 1 aromatic heterocycles. The smallest absolute Gasteiger partial charge is 0.0916 e. The highest BCUT2D eigenvalue weighted by Gasteiger charge is 2.37. The quantitative estimate of drug-likeness (QED) is 0.807. The molecule has 0 saturated carbocycles. The average molecular weight is 302 g/mol. The van der Waals surface area contributed by atoms with Gasteiger partial charge in [0.2, 0.25) is 0 Å². The Kier molecular flexibility index (Phi) is 3.48. The number of quaternary nitrogens is 1. The van der Waals surface area contributed by atoms with Gasteiger partial charge in [-0.15, -0.1) is 11.3 Å². The van der Waals surface area contributed by atoms with Crippen molar-refractivity contribution in [1.82, 2.24) is 9.88 Å². The molecule has 3 saturated heterocycles. The molecule has 4 heterocycles. The van der Waals surface area contributed by atoms with E-state index < -0.39 is 0 Å². The molecule has 0 amide bonds. The van der Waals surface area contributed by atoms with Gasteiger partial charge in [0.05, 0.1) is 41.4 Å². The van der Waals surface area contributed by atoms with Gasteiger partial charge in [0.15, 0.2) is 0 Å². The number of fused-ring (bicyclic) bond motifs is 4. The van der Waals surface area contributed by atoms with Crippen LogP contribution >= 0.6 is 11.3 Å². The van der Waals surface area contributed by atoms with E-state index in [9.17, 15) is 0 Å². The van der Waals surface area contributed by atoms with Gasteiger partial charge in [0, 0.05) is 26.1 Å². The maximum absolute atomic E-state index is 4.55. The molecule has 3 aliphatic rings. The van der Waals surface area contributed by atoms with E-state index in [0.717, 1.165) is 5.52 Å². The van der Waals surface area contributed by atoms with Crippen molar-refractivity contribution in [2.75, 3.05) is 45.8 Å². The van der Waals surface area contributed by atoms with E-state index in [1.54, 1.807) is 0 Å². The molecule has 4 heteroatoms. The Labute approximate surface area is 130 Å². The fourth-order valence-electron chi connectivity index (χ4n) is 3.93. The SMILES string of the molecule is Cc1nc2ccc(CCC[N+]34CCN(CC3)CC4)cc2s1. The molecule has 0 N–H and O–H groups in total. The summed E-state index contributed by atoms with van der Waals surface area (Å²) in [5.74, 6) is 0. The van der Waals surface area contributed by atoms with Gasteiger partial charge < -0.3 is 4.48 Å². The van der Waals surface area contributed by atoms with E-state index in [4.69, 9.17) is 0 Å². The molecule has 3 aliphatic heterocycles. The number of nitrogens with zero attached hydrogens (tertiary/aromatic N) is 3. The van der Waals surface area contributed by atoms with Crippen LogP contribution in [0.25, 0.3) is 10.2 Å². The van der Waals surface area contributed by atoms with Crippen LogP contribution < -0.4 is 0 Å². The minimum atomic E-state index is 1.16. The number of piperazine rings is 3. The second-order valence-electron chi connectivity index (χ2n) is 6.72. The van der Waals surface area contributed by atoms with Crippen molar-refractivity contribution < 1.29 is 4.48 Å². The summed E-state index contributed by atoms with van der Waals surface area (Å²) < 4.78 is 2.74. The standard InChI is InChI=1S/C17H24N3S/c1-14-18-16-5-4-15(13-17(16)21-14)3-2-9-20-10-6-19(7-11-20)8-12-20/h4-5,13H,2-3,6-12H2,1H3/q+1. The van der Waals surface area contributed by atoms with Crippen LogP contribution in [0.1, 0.15) is 17.0 Å². The number of thiazole rings is 1. The van der Waals surface area contributed by atoms with Crippen molar-refractivity contribution in [3.05, 3.63) is 28.8 Å². The summed E-state index contributed by atoms with van der Waals surface area (Å²) in [7, 11) is 0. The lowest BCUT2D eigenvalue weighted by Crippen LogP contribution is -2.67. The van der Waals surface area contributed by atoms with Crippen molar-refractivity contribution in [1.29, 1.82) is 0 Å². The van der Waals surface area contributed by atoms with Gasteiger partial charge in [0.1, 0.15) is 0 Å². The lowest BCUT2D eigenvalue weighted by molar-refractivity contribution is -0.941. The van der Waals surface area contributed by atoms with Gasteiger partial charge in [-0.25, -0.2) is 4.98 Å². The molecule has 0 aliphatic carbocycles. The number of hydrogen-bond acceptors (Lipinski definition) is 3. The second-order valence-corrected chi connectivity index (χ2v) is 7.95. The van der Waals surface area contributed by atoms with E-state index in [1.807, 2.05) is 11.3 Å². The molecule has 21 heavy (non-hydrogen) atoms. The van der Waals surface area contributed by atoms with E-state index in [1.165, 1.54) is 78.4 Å². The summed E-state index contributed by atoms with van der Waals surface area (Å²) in [6.07, 6.45) is 2.54. The van der Waals surface area contributed by atoms with Gasteiger partial charge >= 0.3 is 0 Å². The third-order valence-corrected chi connectivity index (χ3v) is 6.26. The number of rotatable bonds is 4. The highest BCUT2D eigenvalue weighted by molar-refractivity contribution is 7.18. The third kappa shape index (κ3) is 2.72. The first-order valence-corrected chi connectivity index (χ1v) is 8.98. The van der Waals surface area contributed by atoms with Crippen molar-refractivity contribution in [2.45, 2.75) is 19.8 Å². The largest absolute Gasteiger partial charge is 0.320 e. The van der Waals surface area contributed by atoms with E-state index >= 15 is 0 Å². The summed E-state index contributed by atoms with van der Waals surface area (Å²) in [4.78, 5) is 7.17. The van der Waals surface area contributed by atoms with Crippen molar-refractivity contribution >= 4 is 21.6 Å². The molecule has 2 bridgehead atoms. The average Bonchev–Trinajstić information content (AvgIpc) is 2.88. The molecule has 0 spiro atoms. The summed E-state index contributed by atoms with van der Waals surface area (Å²) in [6.45, 7) is 11.6. The molecule has 1 aromatic carbocycles. The molecule has 0 atom stereocenters. The van der Waals surface area contributed by atoms with Crippen molar-refractivity contribution in [3.8, 4) is 0 Å². The zero-order valence-corrected chi connectivity index (χ0v) is 13.7. The van der Waals surface area contributed by atoms with Crippen LogP contribution in [0.3, 0.4) is 0 Å². The Balaban J connectivity index is 1.39. The topological polar surface area (TPSA) is 16.1 Å². The Morgan fingerprint density at radius 3 is 2.71 bits per heavy atom. The molecule has 112 valence electrons. The Morgan fingerprint density at radius 1 is 1.19 bits per heavy atom. The van der Waals surface area contributed by atoms with Gasteiger partial charge in [-0.3, -0.25) is 4.90 Å². The summed E-state index contributed by atoms with van der Waals surface area (Å²) in [5.41, 5.74) is 2.65. The summed E-state index contributed by atoms with van der Waals surface area (Å²) in [6, 6.07) is 6.82. The minimum absolute atomic E-state index is 1.16. The Morgan fingerprint density at radius 2 is 1.95 bits per heavy atom. The highest BCUT2D eigenvalue weighted by Crippen LogP contribution is 2.24. The van der Waals surface area contributed by atoms with Crippen LogP contribution in [0.5, 0.6) is 0 Å². The van der Waals surface area contributed by atoms with E-state index in [2.05, 4.69) is 35.0 Å². The molecule has 2 aromatic rings. The fraction of sp³-hybridized carbons (Fsp3) is 0.588. The predicted molar refractivity (Wildman–Crippen MR) is 88.8 cm³/mol. The second kappa shape index (κ2) is 5.34. The molecule has 5 rings (SSSR count). The van der Waals surface area contributed by atoms with Gasteiger partial charge in [-0.2, -0.15) is 0 Å². The maximum atomic E-state index is 4.55. The number of aryl methyl sites for hydroxylation is 2. The van der Waals surface area contributed by atoms with Crippen LogP contribution in [0, 0.1) is 6.92 Å². The van der Waals surface area contributed by atoms with Crippen molar-refractivity contribution in [3.63, 3.8) is 0 Å². The van der Waals surface area contributed by atoms with Crippen LogP contribution in [-0.4, -0.2) is 60.2 Å². The van der Waals surface area contributed by atoms with E-state index in [-0.39, 0.29) is 0 Å². The maximum Gasteiger partial charge on any atom is 0.0916 e. The fourth-order valence-corrected chi connectivity index (χ4v) is 4.82. The number of benzene rings is 1. The monoisotopic (exact) mass is 302 g/mol. The first-order valence-electron chi connectivity index (χ1n) is 8.16. The lowest BCUT2D eigenvalue weighted by Gasteiger charge is -2.50. The lowest BCUT2D eigenvalue weighted by atomic mass is 10.1. The van der Waals surface area contributed by atoms with Crippen LogP contribution in [0.4, 0.5) is 0 Å². The van der Waals surface area contributed by atoms with Crippen LogP contribution in [0.15, 0.2) is 18.2 Å². The zero-order chi connectivity index (χ0) is 14.3. The molecular formula is C17H24N3S+. The number of aromatic nitrogens is 1. The van der Waals surface area contributed by atoms with Crippen molar-refractivity contribution in [2.24, 2.45) is 0 Å². The Hall–Kier alpha value is -0.970. The normalized spacial score (nSPS) is 28.3. The molecule has 3 fully saturated rings. The molecule has 0 radical (unpaired) electrons. The van der Waals surface area contributed by atoms with E-state index in [0.29, 0.717) is 0 Å². The number of hydrogen-bond donors (Lipinski definition) is 0. The van der Waals surface area contributed by atoms with Gasteiger partial charge in [0.25, 0.3) is 0 Å². The first-order chi connectivity index (χ1) is 10.2. The third-order valence-electron chi connectivity index (χ3n) is 5.33. The zero-order valence-electron chi connectivity index (χ0n) is 12.8. The van der Waals surface area contributed by atoms with Crippen LogP contribution in [0.2, 0.25) is 0 Å². The van der Waals surface area contributed by atoms with Crippen LogP contribution in [-0.2, 0) is 6.42 Å². The molecule has 3 nitrogen and oxygen atoms in total. The highest BCUT2D eigenvalue weighted by atomic mass is 32.1. The minimum Gasteiger partial charge on any atom is -0.320 e. The Bertz CT molecular complexity index is 627. The van der Waals surface area contributed by atoms with Gasteiger partial charge in [-0.05, 0) is 31.0 Å². The summed E-state index contributed by atoms with van der Waals surface area (Å²) in [5, 5.41) is 1.17. The summed E-state index contributed by atoms with van der Waals surface area (Å²) >= 11 is 1.82. The predicted octanol–water partition coefficient (Wildman–Crippen LogP) is 2.68. The molecular weight excluding hydrogens is 278 g/mol. The molecule has 0 unspecified atom stereocenters. The van der Waals surface area contributed by atoms with Gasteiger partial charge in [-0.1, -0.05) is 6.07 Å².